The average Bonchev–Trinajstić information content (AvgIpc) is 3.46. The second-order valence-corrected chi connectivity index (χ2v) is 10.5. The smallest absolute Gasteiger partial charge is 0.269 e. The lowest BCUT2D eigenvalue weighted by Crippen LogP contribution is -2.37. The molecule has 0 fully saturated rings. The van der Waals surface area contributed by atoms with Gasteiger partial charge < -0.3 is 14.4 Å². The number of benzene rings is 3. The van der Waals surface area contributed by atoms with Gasteiger partial charge in [-0.25, -0.2) is 4.98 Å². The van der Waals surface area contributed by atoms with E-state index in [0.717, 1.165) is 39.2 Å². The summed E-state index contributed by atoms with van der Waals surface area (Å²) >= 11 is 0. The van der Waals surface area contributed by atoms with E-state index in [0.29, 0.717) is 31.1 Å². The molecule has 0 radical (unpaired) electrons. The highest BCUT2D eigenvalue weighted by molar-refractivity contribution is 5.82. The van der Waals surface area contributed by atoms with Crippen molar-refractivity contribution in [2.75, 3.05) is 32.2 Å². The maximum absolute atomic E-state index is 11.1. The van der Waals surface area contributed by atoms with Crippen LogP contribution in [0.3, 0.4) is 0 Å². The van der Waals surface area contributed by atoms with Crippen LogP contribution in [-0.2, 0) is 13.6 Å². The van der Waals surface area contributed by atoms with Crippen LogP contribution < -0.4 is 14.4 Å². The van der Waals surface area contributed by atoms with E-state index in [1.807, 2.05) is 61.8 Å². The van der Waals surface area contributed by atoms with E-state index in [1.165, 1.54) is 0 Å². The first-order chi connectivity index (χ1) is 20.7. The predicted octanol–water partition coefficient (Wildman–Crippen LogP) is 6.00. The fourth-order valence-corrected chi connectivity index (χ4v) is 4.92. The van der Waals surface area contributed by atoms with Gasteiger partial charge in [0.1, 0.15) is 11.5 Å². The SMILES string of the molecule is COc1cc(OC)cc(N(CCN(Cc2ccc([N+](=O)[O-])cc2)C(C)C)c2ccc3ncc(-c4cnn(C)c4)nc3c2)c1. The molecule has 0 spiro atoms. The van der Waals surface area contributed by atoms with Crippen LogP contribution in [-0.4, -0.2) is 62.9 Å². The lowest BCUT2D eigenvalue weighted by molar-refractivity contribution is -0.384. The minimum Gasteiger partial charge on any atom is -0.497 e. The Morgan fingerprint density at radius 3 is 2.23 bits per heavy atom. The molecule has 5 rings (SSSR count). The number of anilines is 2. The number of non-ortho nitro benzene ring substituents is 1. The molecule has 0 N–H and O–H groups in total. The maximum Gasteiger partial charge on any atom is 0.269 e. The van der Waals surface area contributed by atoms with Crippen molar-refractivity contribution in [3.63, 3.8) is 0 Å². The summed E-state index contributed by atoms with van der Waals surface area (Å²) in [6, 6.07) is 18.9. The zero-order valence-corrected chi connectivity index (χ0v) is 25.0. The summed E-state index contributed by atoms with van der Waals surface area (Å²) < 4.78 is 12.9. The minimum absolute atomic E-state index is 0.0871. The highest BCUT2D eigenvalue weighted by atomic mass is 16.6. The molecule has 2 heterocycles. The maximum atomic E-state index is 11.1. The Kier molecular flexibility index (Phi) is 8.82. The summed E-state index contributed by atoms with van der Waals surface area (Å²) in [7, 11) is 5.15. The van der Waals surface area contributed by atoms with E-state index in [4.69, 9.17) is 14.5 Å². The number of nitro groups is 1. The van der Waals surface area contributed by atoms with Gasteiger partial charge in [0, 0.05) is 86.2 Å². The number of aryl methyl sites for hydroxylation is 1. The van der Waals surface area contributed by atoms with E-state index >= 15 is 0 Å². The number of nitrogens with zero attached hydrogens (tertiary/aromatic N) is 7. The van der Waals surface area contributed by atoms with Crippen molar-refractivity contribution in [3.05, 3.63) is 94.9 Å². The summed E-state index contributed by atoms with van der Waals surface area (Å²) in [6.07, 6.45) is 5.46. The molecular weight excluding hydrogens is 546 g/mol. The molecule has 0 unspecified atom stereocenters. The third-order valence-electron chi connectivity index (χ3n) is 7.36. The second kappa shape index (κ2) is 12.9. The van der Waals surface area contributed by atoms with Crippen LogP contribution >= 0.6 is 0 Å². The van der Waals surface area contributed by atoms with E-state index < -0.39 is 0 Å². The number of fused-ring (bicyclic) bond motifs is 1. The van der Waals surface area contributed by atoms with Gasteiger partial charge in [0.25, 0.3) is 5.69 Å². The van der Waals surface area contributed by atoms with Gasteiger partial charge in [0.15, 0.2) is 0 Å². The number of hydrogen-bond acceptors (Lipinski definition) is 9. The first-order valence-corrected chi connectivity index (χ1v) is 14.0. The molecule has 0 saturated carbocycles. The Morgan fingerprint density at radius 2 is 1.63 bits per heavy atom. The normalized spacial score (nSPS) is 11.3. The van der Waals surface area contributed by atoms with Crippen molar-refractivity contribution in [1.29, 1.82) is 0 Å². The van der Waals surface area contributed by atoms with E-state index in [9.17, 15) is 10.1 Å². The molecule has 0 aliphatic rings. The summed E-state index contributed by atoms with van der Waals surface area (Å²) in [5.41, 5.74) is 6.16. The Bertz CT molecular complexity index is 1700. The molecule has 0 bridgehead atoms. The first kappa shape index (κ1) is 29.5. The van der Waals surface area contributed by atoms with Crippen LogP contribution in [0.5, 0.6) is 11.5 Å². The van der Waals surface area contributed by atoms with E-state index in [1.54, 1.807) is 43.4 Å². The van der Waals surface area contributed by atoms with Crippen LogP contribution in [0.2, 0.25) is 0 Å². The molecule has 0 aliphatic carbocycles. The topological polar surface area (TPSA) is 112 Å². The number of ether oxygens (including phenoxy) is 2. The zero-order chi connectivity index (χ0) is 30.5. The minimum atomic E-state index is -0.377. The van der Waals surface area contributed by atoms with Gasteiger partial charge >= 0.3 is 0 Å². The molecule has 3 aromatic carbocycles. The molecule has 0 saturated heterocycles. The average molecular weight is 582 g/mol. The molecule has 11 heteroatoms. The van der Waals surface area contributed by atoms with Crippen molar-refractivity contribution in [3.8, 4) is 22.8 Å². The van der Waals surface area contributed by atoms with Gasteiger partial charge in [0.05, 0.1) is 48.3 Å². The molecular formula is C32H35N7O4. The van der Waals surface area contributed by atoms with Crippen molar-refractivity contribution in [2.45, 2.75) is 26.4 Å². The third kappa shape index (κ3) is 6.90. The molecule has 11 nitrogen and oxygen atoms in total. The Labute approximate surface area is 250 Å². The summed E-state index contributed by atoms with van der Waals surface area (Å²) in [4.78, 5) is 24.9. The first-order valence-electron chi connectivity index (χ1n) is 14.0. The van der Waals surface area contributed by atoms with Crippen LogP contribution in [0, 0.1) is 10.1 Å². The molecule has 0 amide bonds. The molecule has 5 aromatic rings. The molecule has 0 atom stereocenters. The number of rotatable bonds is 12. The molecule has 0 aliphatic heterocycles. The molecule has 222 valence electrons. The highest BCUT2D eigenvalue weighted by Crippen LogP contribution is 2.34. The molecule has 43 heavy (non-hydrogen) atoms. The Hall–Kier alpha value is -5.03. The number of aromatic nitrogens is 4. The van der Waals surface area contributed by atoms with Crippen molar-refractivity contribution >= 4 is 28.1 Å². The van der Waals surface area contributed by atoms with Crippen LogP contribution in [0.1, 0.15) is 19.4 Å². The van der Waals surface area contributed by atoms with Crippen molar-refractivity contribution < 1.29 is 14.4 Å². The quantitative estimate of drug-likeness (QED) is 0.129. The van der Waals surface area contributed by atoms with E-state index in [2.05, 4.69) is 33.7 Å². The molecule has 2 aromatic heterocycles. The predicted molar refractivity (Wildman–Crippen MR) is 167 cm³/mol. The largest absolute Gasteiger partial charge is 0.497 e. The monoisotopic (exact) mass is 581 g/mol. The van der Waals surface area contributed by atoms with Crippen LogP contribution in [0.25, 0.3) is 22.3 Å². The third-order valence-corrected chi connectivity index (χ3v) is 7.36. The van der Waals surface area contributed by atoms with Gasteiger partial charge in [-0.2, -0.15) is 5.10 Å². The number of hydrogen-bond donors (Lipinski definition) is 0. The van der Waals surface area contributed by atoms with Gasteiger partial charge in [-0.1, -0.05) is 12.1 Å². The summed E-state index contributed by atoms with van der Waals surface area (Å²) in [5, 5.41) is 15.4. The number of methoxy groups -OCH3 is 2. The highest BCUT2D eigenvalue weighted by Gasteiger charge is 2.18. The van der Waals surface area contributed by atoms with E-state index in [-0.39, 0.29) is 16.7 Å². The van der Waals surface area contributed by atoms with Crippen molar-refractivity contribution in [1.82, 2.24) is 24.6 Å². The lowest BCUT2D eigenvalue weighted by Gasteiger charge is -2.32. The van der Waals surface area contributed by atoms with Crippen LogP contribution in [0.4, 0.5) is 17.1 Å². The fourth-order valence-electron chi connectivity index (χ4n) is 4.92. The Balaban J connectivity index is 1.49. The van der Waals surface area contributed by atoms with Gasteiger partial charge in [-0.05, 0) is 37.6 Å². The van der Waals surface area contributed by atoms with Gasteiger partial charge in [0.2, 0.25) is 0 Å². The lowest BCUT2D eigenvalue weighted by atomic mass is 10.1. The van der Waals surface area contributed by atoms with Gasteiger partial charge in [-0.3, -0.25) is 24.7 Å². The standard InChI is InChI=1S/C32H35N7O4/c1-22(2)37(20-23-6-8-25(9-7-23)39(40)41)12-13-38(27-14-28(42-4)17-29(15-27)43-5)26-10-11-30-31(16-26)35-32(19-33-30)24-18-34-36(3)21-24/h6-11,14-19,21-22H,12-13,20H2,1-5H3. The van der Waals surface area contributed by atoms with Crippen LogP contribution in [0.15, 0.2) is 79.3 Å². The summed E-state index contributed by atoms with van der Waals surface area (Å²) in [5.74, 6) is 1.37. The second-order valence-electron chi connectivity index (χ2n) is 10.5. The summed E-state index contributed by atoms with van der Waals surface area (Å²) in [6.45, 7) is 6.31. The zero-order valence-electron chi connectivity index (χ0n) is 25.0. The number of nitro benzene ring substituents is 1. The van der Waals surface area contributed by atoms with Gasteiger partial charge in [-0.15, -0.1) is 0 Å². The fraction of sp³-hybridized carbons (Fsp3) is 0.281. The van der Waals surface area contributed by atoms with Crippen molar-refractivity contribution in [2.24, 2.45) is 7.05 Å². The Morgan fingerprint density at radius 1 is 0.907 bits per heavy atom.